The van der Waals surface area contributed by atoms with Gasteiger partial charge in [0.2, 0.25) is 0 Å². The van der Waals surface area contributed by atoms with Crippen molar-refractivity contribution in [1.82, 2.24) is 0 Å². The van der Waals surface area contributed by atoms with E-state index in [2.05, 4.69) is 39.8 Å². The van der Waals surface area contributed by atoms with Gasteiger partial charge in [-0.1, -0.05) is 32.9 Å². The summed E-state index contributed by atoms with van der Waals surface area (Å²) in [5.74, 6) is 0.866. The second-order valence-corrected chi connectivity index (χ2v) is 7.16. The summed E-state index contributed by atoms with van der Waals surface area (Å²) in [6.45, 7) is 9.23. The lowest BCUT2D eigenvalue weighted by Crippen LogP contribution is -2.09. The largest absolute Gasteiger partial charge is 0.468 e. The molecule has 0 saturated heterocycles. The average Bonchev–Trinajstić information content (AvgIpc) is 2.24. The Labute approximate surface area is 109 Å². The number of methoxy groups -OCH3 is 1. The fourth-order valence-corrected chi connectivity index (χ4v) is 2.93. The molecule has 0 N–H and O–H groups in total. The van der Waals surface area contributed by atoms with Gasteiger partial charge in [-0.25, -0.2) is 0 Å². The van der Waals surface area contributed by atoms with Gasteiger partial charge in [0, 0.05) is 17.1 Å². The number of ether oxygens (including phenoxy) is 2. The number of hydrogen-bond acceptors (Lipinski definition) is 3. The standard InChI is InChI=1S/C14H22O2S/c1-11(17-14(2,3)4)12-7-6-8-13(9-12)16-10-15-5/h6-9,11H,10H2,1-5H3. The first-order chi connectivity index (χ1) is 7.92. The third-order valence-electron chi connectivity index (χ3n) is 2.20. The van der Waals surface area contributed by atoms with Crippen molar-refractivity contribution in [2.45, 2.75) is 37.7 Å². The highest BCUT2D eigenvalue weighted by atomic mass is 32.2. The van der Waals surface area contributed by atoms with Crippen molar-refractivity contribution in [3.63, 3.8) is 0 Å². The smallest absolute Gasteiger partial charge is 0.188 e. The van der Waals surface area contributed by atoms with Gasteiger partial charge in [-0.2, -0.15) is 0 Å². The maximum Gasteiger partial charge on any atom is 0.188 e. The van der Waals surface area contributed by atoms with Crippen LogP contribution in [0.5, 0.6) is 5.75 Å². The minimum atomic E-state index is 0.267. The Hall–Kier alpha value is -0.670. The maximum absolute atomic E-state index is 5.44. The summed E-state index contributed by atoms with van der Waals surface area (Å²) in [5, 5.41) is 0.459. The monoisotopic (exact) mass is 254 g/mol. The highest BCUT2D eigenvalue weighted by Gasteiger charge is 2.17. The van der Waals surface area contributed by atoms with Crippen molar-refractivity contribution in [3.8, 4) is 5.75 Å². The lowest BCUT2D eigenvalue weighted by molar-refractivity contribution is 0.0511. The summed E-state index contributed by atoms with van der Waals surface area (Å²) in [7, 11) is 1.63. The molecular formula is C14H22O2S. The molecule has 0 spiro atoms. The second-order valence-electron chi connectivity index (χ2n) is 5.00. The lowest BCUT2D eigenvalue weighted by atomic mass is 10.1. The maximum atomic E-state index is 5.44. The lowest BCUT2D eigenvalue weighted by Gasteiger charge is -2.23. The molecule has 96 valence electrons. The van der Waals surface area contributed by atoms with Crippen LogP contribution in [0.2, 0.25) is 0 Å². The predicted molar refractivity (Wildman–Crippen MR) is 74.7 cm³/mol. The van der Waals surface area contributed by atoms with Gasteiger partial charge in [0.1, 0.15) is 5.75 Å². The number of hydrogen-bond donors (Lipinski definition) is 0. The number of benzene rings is 1. The third kappa shape index (κ3) is 5.46. The van der Waals surface area contributed by atoms with E-state index in [4.69, 9.17) is 9.47 Å². The number of rotatable bonds is 5. The highest BCUT2D eigenvalue weighted by Crippen LogP contribution is 2.38. The third-order valence-corrected chi connectivity index (χ3v) is 3.53. The van der Waals surface area contributed by atoms with Gasteiger partial charge in [0.25, 0.3) is 0 Å². The Morgan fingerprint density at radius 3 is 2.59 bits per heavy atom. The molecule has 2 nitrogen and oxygen atoms in total. The molecule has 0 heterocycles. The Kier molecular flexibility index (Phi) is 5.34. The molecule has 0 radical (unpaired) electrons. The van der Waals surface area contributed by atoms with Crippen LogP contribution in [0.3, 0.4) is 0 Å². The summed E-state index contributed by atoms with van der Waals surface area (Å²) < 4.78 is 10.6. The van der Waals surface area contributed by atoms with Crippen LogP contribution in [0.1, 0.15) is 38.5 Å². The van der Waals surface area contributed by atoms with Gasteiger partial charge in [0.05, 0.1) is 0 Å². The van der Waals surface area contributed by atoms with E-state index in [0.717, 1.165) is 5.75 Å². The fraction of sp³-hybridized carbons (Fsp3) is 0.571. The topological polar surface area (TPSA) is 18.5 Å². The van der Waals surface area contributed by atoms with Crippen LogP contribution in [0.15, 0.2) is 24.3 Å². The predicted octanol–water partition coefficient (Wildman–Crippen LogP) is 4.26. The molecule has 17 heavy (non-hydrogen) atoms. The van der Waals surface area contributed by atoms with Gasteiger partial charge in [-0.3, -0.25) is 0 Å². The second kappa shape index (κ2) is 6.31. The van der Waals surface area contributed by atoms with Crippen molar-refractivity contribution in [1.29, 1.82) is 0 Å². The van der Waals surface area contributed by atoms with Crippen molar-refractivity contribution in [2.24, 2.45) is 0 Å². The summed E-state index contributed by atoms with van der Waals surface area (Å²) in [5.41, 5.74) is 1.29. The molecule has 1 aromatic carbocycles. The van der Waals surface area contributed by atoms with E-state index < -0.39 is 0 Å². The zero-order valence-corrected chi connectivity index (χ0v) is 12.1. The van der Waals surface area contributed by atoms with Crippen molar-refractivity contribution in [3.05, 3.63) is 29.8 Å². The fourth-order valence-electron chi connectivity index (χ4n) is 1.58. The van der Waals surface area contributed by atoms with E-state index >= 15 is 0 Å². The van der Waals surface area contributed by atoms with Gasteiger partial charge in [-0.15, -0.1) is 11.8 Å². The summed E-state index contributed by atoms with van der Waals surface area (Å²) >= 11 is 1.96. The van der Waals surface area contributed by atoms with E-state index in [0.29, 0.717) is 12.0 Å². The van der Waals surface area contributed by atoms with Crippen LogP contribution in [0.25, 0.3) is 0 Å². The molecule has 1 atom stereocenters. The van der Waals surface area contributed by atoms with Crippen LogP contribution >= 0.6 is 11.8 Å². The Bertz CT molecular complexity index is 344. The Balaban J connectivity index is 2.70. The first-order valence-electron chi connectivity index (χ1n) is 5.82. The molecule has 0 fully saturated rings. The van der Waals surface area contributed by atoms with E-state index in [9.17, 15) is 0 Å². The van der Waals surface area contributed by atoms with Crippen LogP contribution in [0.4, 0.5) is 0 Å². The molecule has 0 aliphatic rings. The number of thioether (sulfide) groups is 1. The molecule has 1 aromatic rings. The molecule has 0 amide bonds. The van der Waals surface area contributed by atoms with E-state index in [-0.39, 0.29) is 4.75 Å². The molecule has 1 rings (SSSR count). The summed E-state index contributed by atoms with van der Waals surface area (Å²) in [6.07, 6.45) is 0. The van der Waals surface area contributed by atoms with Gasteiger partial charge in [0.15, 0.2) is 6.79 Å². The molecule has 0 bridgehead atoms. The molecule has 0 aromatic heterocycles. The quantitative estimate of drug-likeness (QED) is 0.731. The minimum absolute atomic E-state index is 0.267. The summed E-state index contributed by atoms with van der Waals surface area (Å²) in [6, 6.07) is 8.21. The zero-order valence-electron chi connectivity index (χ0n) is 11.3. The van der Waals surface area contributed by atoms with E-state index in [1.54, 1.807) is 7.11 Å². The normalized spacial score (nSPS) is 13.5. The van der Waals surface area contributed by atoms with Gasteiger partial charge in [-0.05, 0) is 24.6 Å². The first-order valence-corrected chi connectivity index (χ1v) is 6.70. The van der Waals surface area contributed by atoms with E-state index in [1.165, 1.54) is 5.56 Å². The average molecular weight is 254 g/mol. The van der Waals surface area contributed by atoms with Gasteiger partial charge < -0.3 is 9.47 Å². The first kappa shape index (κ1) is 14.4. The minimum Gasteiger partial charge on any atom is -0.468 e. The molecule has 3 heteroatoms. The van der Waals surface area contributed by atoms with Crippen LogP contribution in [-0.2, 0) is 4.74 Å². The van der Waals surface area contributed by atoms with Crippen LogP contribution < -0.4 is 4.74 Å². The zero-order chi connectivity index (χ0) is 12.9. The van der Waals surface area contributed by atoms with Crippen LogP contribution in [0, 0.1) is 0 Å². The van der Waals surface area contributed by atoms with Crippen molar-refractivity contribution >= 4 is 11.8 Å². The van der Waals surface area contributed by atoms with Crippen LogP contribution in [-0.4, -0.2) is 18.6 Å². The molecular weight excluding hydrogens is 232 g/mol. The Morgan fingerprint density at radius 2 is 2.00 bits per heavy atom. The van der Waals surface area contributed by atoms with Crippen molar-refractivity contribution < 1.29 is 9.47 Å². The molecule has 1 unspecified atom stereocenters. The molecule has 0 saturated carbocycles. The SMILES string of the molecule is COCOc1cccc(C(C)SC(C)(C)C)c1. The Morgan fingerprint density at radius 1 is 1.29 bits per heavy atom. The molecule has 0 aliphatic carbocycles. The summed E-state index contributed by atoms with van der Waals surface area (Å²) in [4.78, 5) is 0. The highest BCUT2D eigenvalue weighted by molar-refractivity contribution is 8.00. The van der Waals surface area contributed by atoms with Crippen molar-refractivity contribution in [2.75, 3.05) is 13.9 Å². The van der Waals surface area contributed by atoms with Gasteiger partial charge >= 0.3 is 0 Å². The molecule has 0 aliphatic heterocycles. The van der Waals surface area contributed by atoms with E-state index in [1.807, 2.05) is 23.9 Å².